The Labute approximate surface area is 112 Å². The highest BCUT2D eigenvalue weighted by molar-refractivity contribution is 7.84. The molecule has 2 atom stereocenters. The van der Waals surface area contributed by atoms with Crippen molar-refractivity contribution in [3.05, 3.63) is 29.8 Å². The summed E-state index contributed by atoms with van der Waals surface area (Å²) in [5.41, 5.74) is 1.17. The third kappa shape index (κ3) is 4.78. The van der Waals surface area contributed by atoms with E-state index < -0.39 is 10.8 Å². The number of rotatable bonds is 8. The molecule has 0 aliphatic rings. The molecule has 102 valence electrons. The fourth-order valence-corrected chi connectivity index (χ4v) is 2.70. The smallest absolute Gasteiger partial charge is 0.119 e. The Morgan fingerprint density at radius 1 is 1.22 bits per heavy atom. The second-order valence-electron chi connectivity index (χ2n) is 4.01. The van der Waals surface area contributed by atoms with Crippen molar-refractivity contribution in [2.24, 2.45) is 0 Å². The zero-order valence-corrected chi connectivity index (χ0v) is 12.3. The first-order valence-corrected chi connectivity index (χ1v) is 8.01. The summed E-state index contributed by atoms with van der Waals surface area (Å²) < 4.78 is 17.1. The molecular formula is C14H23NO2S. The van der Waals surface area contributed by atoms with Gasteiger partial charge in [0.1, 0.15) is 5.75 Å². The van der Waals surface area contributed by atoms with E-state index in [1.165, 1.54) is 5.56 Å². The van der Waals surface area contributed by atoms with Gasteiger partial charge in [-0.3, -0.25) is 4.21 Å². The Morgan fingerprint density at radius 2 is 1.89 bits per heavy atom. The van der Waals surface area contributed by atoms with E-state index in [2.05, 4.69) is 12.2 Å². The van der Waals surface area contributed by atoms with Crippen LogP contribution in [0.15, 0.2) is 24.3 Å². The molecule has 0 amide bonds. The van der Waals surface area contributed by atoms with Crippen molar-refractivity contribution < 1.29 is 8.95 Å². The summed E-state index contributed by atoms with van der Waals surface area (Å²) in [5.74, 6) is 2.25. The van der Waals surface area contributed by atoms with E-state index in [0.29, 0.717) is 18.1 Å². The van der Waals surface area contributed by atoms with E-state index in [9.17, 15) is 4.21 Å². The Bertz CT molecular complexity index is 365. The summed E-state index contributed by atoms with van der Waals surface area (Å²) in [6.45, 7) is 7.54. The molecule has 0 spiro atoms. The maximum absolute atomic E-state index is 11.7. The monoisotopic (exact) mass is 269 g/mol. The molecule has 0 aliphatic heterocycles. The predicted octanol–water partition coefficient (Wildman–Crippen LogP) is 2.50. The van der Waals surface area contributed by atoms with Gasteiger partial charge in [0, 0.05) is 28.3 Å². The molecule has 2 unspecified atom stereocenters. The fraction of sp³-hybridized carbons (Fsp3) is 0.571. The summed E-state index contributed by atoms with van der Waals surface area (Å²) in [7, 11) is -0.762. The van der Waals surface area contributed by atoms with Gasteiger partial charge in [0.2, 0.25) is 0 Å². The lowest BCUT2D eigenvalue weighted by Gasteiger charge is -2.18. The van der Waals surface area contributed by atoms with Crippen LogP contribution in [-0.4, -0.2) is 28.9 Å². The minimum atomic E-state index is -0.762. The lowest BCUT2D eigenvalue weighted by Crippen LogP contribution is -2.26. The lowest BCUT2D eigenvalue weighted by atomic mass is 10.1. The highest BCUT2D eigenvalue weighted by Gasteiger charge is 2.13. The minimum absolute atomic E-state index is 0.159. The van der Waals surface area contributed by atoms with Crippen LogP contribution < -0.4 is 10.1 Å². The van der Waals surface area contributed by atoms with Gasteiger partial charge in [-0.25, -0.2) is 0 Å². The summed E-state index contributed by atoms with van der Waals surface area (Å²) in [4.78, 5) is 0. The van der Waals surface area contributed by atoms with Gasteiger partial charge in [0.15, 0.2) is 0 Å². The summed E-state index contributed by atoms with van der Waals surface area (Å²) in [6, 6.07) is 8.19. The first-order valence-electron chi connectivity index (χ1n) is 6.52. The first kappa shape index (κ1) is 15.2. The number of hydrogen-bond acceptors (Lipinski definition) is 3. The molecule has 0 bridgehead atoms. The van der Waals surface area contributed by atoms with Gasteiger partial charge in [-0.15, -0.1) is 0 Å². The van der Waals surface area contributed by atoms with Crippen LogP contribution >= 0.6 is 0 Å². The number of hydrogen-bond donors (Lipinski definition) is 1. The molecular weight excluding hydrogens is 246 g/mol. The second kappa shape index (κ2) is 8.27. The average Bonchev–Trinajstić information content (AvgIpc) is 2.39. The third-order valence-electron chi connectivity index (χ3n) is 2.72. The SMILES string of the molecule is CCNC(CS(=O)CC)c1ccc(OCC)cc1. The van der Waals surface area contributed by atoms with Crippen LogP contribution in [0.5, 0.6) is 5.75 Å². The number of ether oxygens (including phenoxy) is 1. The van der Waals surface area contributed by atoms with E-state index in [1.807, 2.05) is 38.1 Å². The average molecular weight is 269 g/mol. The van der Waals surface area contributed by atoms with Crippen molar-refractivity contribution in [1.29, 1.82) is 0 Å². The van der Waals surface area contributed by atoms with Gasteiger partial charge in [-0.2, -0.15) is 0 Å². The van der Waals surface area contributed by atoms with E-state index in [1.54, 1.807) is 0 Å². The fourth-order valence-electron chi connectivity index (χ4n) is 1.79. The molecule has 3 nitrogen and oxygen atoms in total. The number of benzene rings is 1. The molecule has 0 radical (unpaired) electrons. The van der Waals surface area contributed by atoms with Gasteiger partial charge in [0.05, 0.1) is 6.61 Å². The molecule has 1 aromatic rings. The Balaban J connectivity index is 2.75. The molecule has 1 rings (SSSR count). The van der Waals surface area contributed by atoms with Gasteiger partial charge in [0.25, 0.3) is 0 Å². The minimum Gasteiger partial charge on any atom is -0.494 e. The Hall–Kier alpha value is -0.870. The van der Waals surface area contributed by atoms with Gasteiger partial charge < -0.3 is 10.1 Å². The standard InChI is InChI=1S/C14H23NO2S/c1-4-15-14(11-18(16)6-3)12-7-9-13(10-8-12)17-5-2/h7-10,14-15H,4-6,11H2,1-3H3. The maximum Gasteiger partial charge on any atom is 0.119 e. The summed E-state index contributed by atoms with van der Waals surface area (Å²) in [6.07, 6.45) is 0. The normalized spacial score (nSPS) is 14.2. The Kier molecular flexibility index (Phi) is 6.98. The summed E-state index contributed by atoms with van der Waals surface area (Å²) >= 11 is 0. The summed E-state index contributed by atoms with van der Waals surface area (Å²) in [5, 5.41) is 3.38. The van der Waals surface area contributed by atoms with Gasteiger partial charge in [-0.1, -0.05) is 26.0 Å². The zero-order valence-electron chi connectivity index (χ0n) is 11.4. The molecule has 0 aromatic heterocycles. The molecule has 1 N–H and O–H groups in total. The molecule has 0 fully saturated rings. The van der Waals surface area contributed by atoms with Crippen LogP contribution in [0.25, 0.3) is 0 Å². The second-order valence-corrected chi connectivity index (χ2v) is 5.80. The van der Waals surface area contributed by atoms with Crippen molar-refractivity contribution in [3.63, 3.8) is 0 Å². The van der Waals surface area contributed by atoms with Gasteiger partial charge in [-0.05, 0) is 31.2 Å². The molecule has 4 heteroatoms. The van der Waals surface area contributed by atoms with Crippen molar-refractivity contribution in [3.8, 4) is 5.75 Å². The van der Waals surface area contributed by atoms with Crippen LogP contribution in [0.1, 0.15) is 32.4 Å². The number of nitrogens with one attached hydrogen (secondary N) is 1. The van der Waals surface area contributed by atoms with Crippen molar-refractivity contribution in [2.75, 3.05) is 24.7 Å². The highest BCUT2D eigenvalue weighted by Crippen LogP contribution is 2.19. The van der Waals surface area contributed by atoms with Gasteiger partial charge >= 0.3 is 0 Å². The van der Waals surface area contributed by atoms with Crippen molar-refractivity contribution >= 4 is 10.8 Å². The van der Waals surface area contributed by atoms with E-state index in [-0.39, 0.29) is 6.04 Å². The predicted molar refractivity (Wildman–Crippen MR) is 77.6 cm³/mol. The zero-order chi connectivity index (χ0) is 13.4. The molecule has 18 heavy (non-hydrogen) atoms. The maximum atomic E-state index is 11.7. The Morgan fingerprint density at radius 3 is 2.39 bits per heavy atom. The van der Waals surface area contributed by atoms with Crippen molar-refractivity contribution in [1.82, 2.24) is 5.32 Å². The molecule has 0 aliphatic carbocycles. The van der Waals surface area contributed by atoms with E-state index in [4.69, 9.17) is 4.74 Å². The molecule has 0 heterocycles. The van der Waals surface area contributed by atoms with Crippen molar-refractivity contribution in [2.45, 2.75) is 26.8 Å². The lowest BCUT2D eigenvalue weighted by molar-refractivity contribution is 0.340. The molecule has 1 aromatic carbocycles. The van der Waals surface area contributed by atoms with E-state index in [0.717, 1.165) is 12.3 Å². The third-order valence-corrected chi connectivity index (χ3v) is 4.07. The first-order chi connectivity index (χ1) is 8.71. The molecule has 0 saturated heterocycles. The van der Waals surface area contributed by atoms with Crippen LogP contribution in [0.3, 0.4) is 0 Å². The van der Waals surface area contributed by atoms with Crippen LogP contribution in [0.4, 0.5) is 0 Å². The molecule has 0 saturated carbocycles. The van der Waals surface area contributed by atoms with Crippen LogP contribution in [0.2, 0.25) is 0 Å². The largest absolute Gasteiger partial charge is 0.494 e. The van der Waals surface area contributed by atoms with Crippen LogP contribution in [-0.2, 0) is 10.8 Å². The van der Waals surface area contributed by atoms with Crippen LogP contribution in [0, 0.1) is 0 Å². The topological polar surface area (TPSA) is 38.3 Å². The van der Waals surface area contributed by atoms with E-state index >= 15 is 0 Å². The highest BCUT2D eigenvalue weighted by atomic mass is 32.2. The quantitative estimate of drug-likeness (QED) is 0.788.